The number of hydrogen-bond donors (Lipinski definition) is 0. The van der Waals surface area contributed by atoms with Crippen LogP contribution in [0.5, 0.6) is 0 Å². The van der Waals surface area contributed by atoms with Crippen molar-refractivity contribution in [1.29, 1.82) is 0 Å². The number of rotatable bonds is 4. The van der Waals surface area contributed by atoms with Crippen molar-refractivity contribution in [3.8, 4) is 11.1 Å². The molecule has 2 heterocycles. The number of methoxy groups -OCH3 is 1. The number of carbonyl (C=O) groups excluding carboxylic acids is 1. The van der Waals surface area contributed by atoms with Gasteiger partial charge in [0.1, 0.15) is 10.7 Å². The van der Waals surface area contributed by atoms with E-state index >= 15 is 0 Å². The van der Waals surface area contributed by atoms with E-state index in [4.69, 9.17) is 16.3 Å². The summed E-state index contributed by atoms with van der Waals surface area (Å²) in [5.41, 5.74) is 1.67. The number of hydrogen-bond acceptors (Lipinski definition) is 6. The van der Waals surface area contributed by atoms with E-state index in [0.717, 1.165) is 18.9 Å². The molecule has 0 aliphatic carbocycles. The predicted octanol–water partition coefficient (Wildman–Crippen LogP) is 5.42. The average Bonchev–Trinajstić information content (AvgIpc) is 3.01. The number of carbonyl (C=O) groups is 1. The van der Waals surface area contributed by atoms with Gasteiger partial charge in [-0.1, -0.05) is 48.0 Å². The summed E-state index contributed by atoms with van der Waals surface area (Å²) >= 11 is 6.74. The maximum absolute atomic E-state index is 14.3. The van der Waals surface area contributed by atoms with Gasteiger partial charge >= 0.3 is 5.97 Å². The summed E-state index contributed by atoms with van der Waals surface area (Å²) in [4.78, 5) is 14.1. The summed E-state index contributed by atoms with van der Waals surface area (Å²) in [7, 11) is -1.30. The molecule has 2 aliphatic rings. The van der Waals surface area contributed by atoms with E-state index in [0.29, 0.717) is 36.4 Å². The van der Waals surface area contributed by atoms with Gasteiger partial charge < -0.3 is 14.4 Å². The van der Waals surface area contributed by atoms with Crippen LogP contribution in [0.3, 0.4) is 0 Å². The van der Waals surface area contributed by atoms with Crippen LogP contribution in [0, 0.1) is 5.82 Å². The van der Waals surface area contributed by atoms with Crippen molar-refractivity contribution < 1.29 is 27.1 Å². The van der Waals surface area contributed by atoms with E-state index in [1.807, 2.05) is 47.4 Å². The first-order chi connectivity index (χ1) is 18.2. The molecule has 0 amide bonds. The SMILES string of the molecule is COC(=O)c1cc(-c2cc3c(cc2Cl)N(c2ccccc2)C[C@@H](C2CC=CCO2)N(C)S3(=O)=O)ccc1F. The molecule has 2 aliphatic heterocycles. The van der Waals surface area contributed by atoms with Crippen LogP contribution in [0.25, 0.3) is 11.1 Å². The van der Waals surface area contributed by atoms with Gasteiger partial charge in [0.2, 0.25) is 10.0 Å². The molecule has 0 aromatic heterocycles. The highest BCUT2D eigenvalue weighted by atomic mass is 35.5. The quantitative estimate of drug-likeness (QED) is 0.315. The first-order valence-corrected chi connectivity index (χ1v) is 13.8. The zero-order valence-electron chi connectivity index (χ0n) is 20.8. The fourth-order valence-electron chi connectivity index (χ4n) is 4.89. The standard InChI is InChI=1S/C28H26ClFN2O5S/c1-31-25(26-10-6-7-13-37-26)17-32(19-8-4-3-5-9-19)24-16-22(29)20(15-27(24)38(31,34)35)18-11-12-23(30)21(14-18)28(33)36-2/h3-9,11-12,14-16,25-26H,10,13,17H2,1-2H3/t25-,26?/m0/s1. The highest BCUT2D eigenvalue weighted by Crippen LogP contribution is 2.43. The van der Waals surface area contributed by atoms with Crippen molar-refractivity contribution in [1.82, 2.24) is 4.31 Å². The number of nitrogens with zero attached hydrogens (tertiary/aromatic N) is 2. The lowest BCUT2D eigenvalue weighted by atomic mass is 10.0. The van der Waals surface area contributed by atoms with Crippen LogP contribution in [-0.4, -0.2) is 58.1 Å². The topological polar surface area (TPSA) is 76.2 Å². The number of halogens is 2. The minimum absolute atomic E-state index is 0.0426. The van der Waals surface area contributed by atoms with Crippen LogP contribution in [0.15, 0.2) is 77.7 Å². The fraction of sp³-hybridized carbons (Fsp3) is 0.250. The van der Waals surface area contributed by atoms with Crippen LogP contribution >= 0.6 is 11.6 Å². The number of likely N-dealkylation sites (N-methyl/N-ethyl adjacent to an activating group) is 1. The summed E-state index contributed by atoms with van der Waals surface area (Å²) in [6, 6.07) is 16.0. The third-order valence-electron chi connectivity index (χ3n) is 6.95. The van der Waals surface area contributed by atoms with E-state index in [1.54, 1.807) is 13.1 Å². The minimum atomic E-state index is -4.02. The fourth-order valence-corrected chi connectivity index (χ4v) is 6.73. The highest BCUT2D eigenvalue weighted by Gasteiger charge is 2.41. The smallest absolute Gasteiger partial charge is 0.340 e. The van der Waals surface area contributed by atoms with Gasteiger partial charge in [-0.2, -0.15) is 4.31 Å². The minimum Gasteiger partial charge on any atom is -0.465 e. The van der Waals surface area contributed by atoms with Gasteiger partial charge in [0.25, 0.3) is 0 Å². The molecule has 10 heteroatoms. The summed E-state index contributed by atoms with van der Waals surface area (Å²) in [5.74, 6) is -1.60. The van der Waals surface area contributed by atoms with E-state index in [1.165, 1.54) is 22.5 Å². The number of para-hydroxylation sites is 1. The van der Waals surface area contributed by atoms with Crippen molar-refractivity contribution >= 4 is 39.0 Å². The van der Waals surface area contributed by atoms with Crippen molar-refractivity contribution in [2.75, 3.05) is 32.2 Å². The largest absolute Gasteiger partial charge is 0.465 e. The van der Waals surface area contributed by atoms with Crippen molar-refractivity contribution in [2.24, 2.45) is 0 Å². The molecule has 1 unspecified atom stereocenters. The second-order valence-electron chi connectivity index (χ2n) is 9.10. The van der Waals surface area contributed by atoms with Gasteiger partial charge in [-0.05, 0) is 48.4 Å². The Kier molecular flexibility index (Phi) is 7.28. The normalized spacial score (nSPS) is 21.0. The molecule has 0 radical (unpaired) electrons. The molecule has 3 aromatic rings. The summed E-state index contributed by atoms with van der Waals surface area (Å²) in [5, 5.41) is 0.250. The Morgan fingerprint density at radius 2 is 1.87 bits per heavy atom. The Morgan fingerprint density at radius 3 is 2.55 bits per heavy atom. The summed E-state index contributed by atoms with van der Waals surface area (Å²) < 4.78 is 54.5. The van der Waals surface area contributed by atoms with Gasteiger partial charge in [-0.15, -0.1) is 0 Å². The lowest BCUT2D eigenvalue weighted by Crippen LogP contribution is -2.49. The number of esters is 1. The Labute approximate surface area is 226 Å². The van der Waals surface area contributed by atoms with Gasteiger partial charge in [0.15, 0.2) is 0 Å². The zero-order chi connectivity index (χ0) is 27.0. The van der Waals surface area contributed by atoms with E-state index < -0.39 is 27.9 Å². The second-order valence-corrected chi connectivity index (χ2v) is 11.5. The highest BCUT2D eigenvalue weighted by molar-refractivity contribution is 7.89. The van der Waals surface area contributed by atoms with Gasteiger partial charge in [0, 0.05) is 24.8 Å². The summed E-state index contributed by atoms with van der Waals surface area (Å²) in [6.45, 7) is 0.750. The Bertz CT molecular complexity index is 1510. The molecular formula is C28H26ClFN2O5S. The molecular weight excluding hydrogens is 531 g/mol. The number of anilines is 2. The monoisotopic (exact) mass is 556 g/mol. The number of ether oxygens (including phenoxy) is 2. The lowest BCUT2D eigenvalue weighted by Gasteiger charge is -2.35. The van der Waals surface area contributed by atoms with Crippen LogP contribution < -0.4 is 4.90 Å². The van der Waals surface area contributed by atoms with Crippen LogP contribution in [-0.2, 0) is 19.5 Å². The van der Waals surface area contributed by atoms with E-state index in [9.17, 15) is 17.6 Å². The number of sulfonamides is 1. The maximum Gasteiger partial charge on any atom is 0.340 e. The molecule has 0 bridgehead atoms. The molecule has 38 heavy (non-hydrogen) atoms. The molecule has 0 fully saturated rings. The Hall–Kier alpha value is -3.24. The molecule has 198 valence electrons. The maximum atomic E-state index is 14.3. The number of benzene rings is 3. The predicted molar refractivity (Wildman–Crippen MR) is 144 cm³/mol. The van der Waals surface area contributed by atoms with Crippen LogP contribution in [0.2, 0.25) is 5.02 Å². The third-order valence-corrected chi connectivity index (χ3v) is 9.18. The molecule has 0 spiro atoms. The van der Waals surface area contributed by atoms with Crippen molar-refractivity contribution in [2.45, 2.75) is 23.5 Å². The van der Waals surface area contributed by atoms with Crippen molar-refractivity contribution in [3.63, 3.8) is 0 Å². The molecule has 0 saturated carbocycles. The van der Waals surface area contributed by atoms with Gasteiger partial charge in [-0.3, -0.25) is 0 Å². The molecule has 0 N–H and O–H groups in total. The molecule has 3 aromatic carbocycles. The second kappa shape index (κ2) is 10.5. The van der Waals surface area contributed by atoms with Crippen LogP contribution in [0.1, 0.15) is 16.8 Å². The first-order valence-electron chi connectivity index (χ1n) is 12.0. The van der Waals surface area contributed by atoms with E-state index in [-0.39, 0.29) is 21.6 Å². The average molecular weight is 557 g/mol. The zero-order valence-corrected chi connectivity index (χ0v) is 22.4. The summed E-state index contributed by atoms with van der Waals surface area (Å²) in [6.07, 6.45) is 4.17. The Balaban J connectivity index is 1.71. The third kappa shape index (κ3) is 4.71. The van der Waals surface area contributed by atoms with Crippen molar-refractivity contribution in [3.05, 3.63) is 89.2 Å². The molecule has 2 atom stereocenters. The lowest BCUT2D eigenvalue weighted by molar-refractivity contribution is 0.0248. The first kappa shape index (κ1) is 26.4. The van der Waals surface area contributed by atoms with Gasteiger partial charge in [-0.25, -0.2) is 17.6 Å². The molecule has 0 saturated heterocycles. The molecule has 7 nitrogen and oxygen atoms in total. The van der Waals surface area contributed by atoms with Gasteiger partial charge in [0.05, 0.1) is 42.1 Å². The Morgan fingerprint density at radius 1 is 1.11 bits per heavy atom. The molecule has 5 rings (SSSR count). The number of fused-ring (bicyclic) bond motifs is 1. The van der Waals surface area contributed by atoms with E-state index in [2.05, 4.69) is 4.74 Å². The van der Waals surface area contributed by atoms with Crippen LogP contribution in [0.4, 0.5) is 15.8 Å².